The van der Waals surface area contributed by atoms with Crippen molar-refractivity contribution in [2.24, 2.45) is 34.0 Å². The van der Waals surface area contributed by atoms with Gasteiger partial charge in [0, 0.05) is 38.0 Å². The summed E-state index contributed by atoms with van der Waals surface area (Å²) >= 11 is 0. The lowest BCUT2D eigenvalue weighted by Crippen LogP contribution is -2.58. The summed E-state index contributed by atoms with van der Waals surface area (Å²) in [6.07, 6.45) is 7.45. The summed E-state index contributed by atoms with van der Waals surface area (Å²) < 4.78 is 0. The number of fused-ring (bicyclic) bond motifs is 4. The molecule has 6 unspecified atom stereocenters. The summed E-state index contributed by atoms with van der Waals surface area (Å²) in [5, 5.41) is 26.3. The van der Waals surface area contributed by atoms with Gasteiger partial charge in [0.1, 0.15) is 0 Å². The van der Waals surface area contributed by atoms with E-state index >= 15 is 0 Å². The molecule has 4 saturated carbocycles. The van der Waals surface area contributed by atoms with Gasteiger partial charge in [-0.15, -0.1) is 0 Å². The van der Waals surface area contributed by atoms with E-state index in [4.69, 9.17) is 0 Å². The van der Waals surface area contributed by atoms with E-state index in [9.17, 15) is 10.4 Å². The highest BCUT2D eigenvalue weighted by Gasteiger charge is 2.51. The van der Waals surface area contributed by atoms with Gasteiger partial charge < -0.3 is 10.4 Å². The van der Waals surface area contributed by atoms with Gasteiger partial charge in [-0.3, -0.25) is 9.80 Å². The van der Waals surface area contributed by atoms with Crippen LogP contribution in [0.15, 0.2) is 10.3 Å². The molecule has 24 heavy (non-hydrogen) atoms. The molecular weight excluding hydrogens is 304 g/mol. The summed E-state index contributed by atoms with van der Waals surface area (Å²) in [5.74, 6) is 2.46. The number of rotatable bonds is 2. The molecule has 5 rings (SSSR count). The first-order valence-corrected chi connectivity index (χ1v) is 9.72. The van der Waals surface area contributed by atoms with Crippen molar-refractivity contribution >= 4 is 11.4 Å². The predicted octanol–water partition coefficient (Wildman–Crippen LogP) is 1.86. The summed E-state index contributed by atoms with van der Waals surface area (Å²) in [6, 6.07) is 0.754. The fourth-order valence-corrected chi connectivity index (χ4v) is 6.66. The van der Waals surface area contributed by atoms with E-state index in [0.717, 1.165) is 37.6 Å². The Morgan fingerprint density at radius 1 is 0.667 bits per heavy atom. The first kappa shape index (κ1) is 15.1. The highest BCUT2D eigenvalue weighted by atomic mass is 16.4. The van der Waals surface area contributed by atoms with Crippen LogP contribution in [0.25, 0.3) is 0 Å². The van der Waals surface area contributed by atoms with Crippen molar-refractivity contribution in [2.45, 2.75) is 50.6 Å². The quantitative estimate of drug-likeness (QED) is 0.598. The average molecular weight is 332 g/mol. The Kier molecular flexibility index (Phi) is 3.59. The van der Waals surface area contributed by atoms with Gasteiger partial charge in [-0.05, 0) is 50.4 Å². The number of piperazine rings is 1. The van der Waals surface area contributed by atoms with Crippen LogP contribution < -0.4 is 0 Å². The molecule has 0 aromatic carbocycles. The molecule has 6 atom stereocenters. The summed E-state index contributed by atoms with van der Waals surface area (Å²) in [4.78, 5) is 5.11. The number of hydrogen-bond acceptors (Lipinski definition) is 6. The second kappa shape index (κ2) is 5.70. The fourth-order valence-electron chi connectivity index (χ4n) is 6.66. The minimum atomic E-state index is 0.377. The Labute approximate surface area is 143 Å². The zero-order chi connectivity index (χ0) is 16.3. The first-order chi connectivity index (χ1) is 11.8. The molecular formula is C18H28N4O2. The van der Waals surface area contributed by atoms with Crippen LogP contribution >= 0.6 is 0 Å². The lowest BCUT2D eigenvalue weighted by molar-refractivity contribution is 0.0745. The van der Waals surface area contributed by atoms with Gasteiger partial charge in [-0.2, -0.15) is 0 Å². The molecule has 5 aliphatic rings. The van der Waals surface area contributed by atoms with Gasteiger partial charge in [-0.1, -0.05) is 10.3 Å². The third kappa shape index (κ3) is 2.08. The van der Waals surface area contributed by atoms with Gasteiger partial charge in [0.05, 0.1) is 23.5 Å². The molecule has 132 valence electrons. The lowest BCUT2D eigenvalue weighted by Gasteiger charge is -2.44. The normalized spacial score (nSPS) is 49.0. The number of nitrogens with zero attached hydrogens (tertiary/aromatic N) is 4. The third-order valence-corrected chi connectivity index (χ3v) is 7.65. The highest BCUT2D eigenvalue weighted by molar-refractivity contribution is 5.95. The topological polar surface area (TPSA) is 71.7 Å². The molecule has 0 aromatic heterocycles. The second-order valence-corrected chi connectivity index (χ2v) is 8.55. The minimum Gasteiger partial charge on any atom is -0.411 e. The monoisotopic (exact) mass is 332 g/mol. The predicted molar refractivity (Wildman–Crippen MR) is 90.8 cm³/mol. The molecule has 4 aliphatic carbocycles. The molecule has 4 bridgehead atoms. The molecule has 1 aliphatic heterocycles. The SMILES string of the molecule is O/N=C1/C2CCC(C2)C1N1CCN(C2/C(=N\O)C3CCC2C3)CC1. The van der Waals surface area contributed by atoms with Crippen LogP contribution in [0.1, 0.15) is 38.5 Å². The smallest absolute Gasteiger partial charge is 0.0775 e. The number of hydrogen-bond donors (Lipinski definition) is 2. The van der Waals surface area contributed by atoms with E-state index in [1.54, 1.807) is 0 Å². The molecule has 0 spiro atoms. The van der Waals surface area contributed by atoms with Crippen LogP contribution in [0.3, 0.4) is 0 Å². The maximum atomic E-state index is 9.46. The maximum Gasteiger partial charge on any atom is 0.0775 e. The van der Waals surface area contributed by atoms with Crippen molar-refractivity contribution in [3.8, 4) is 0 Å². The van der Waals surface area contributed by atoms with E-state index in [-0.39, 0.29) is 0 Å². The molecule has 6 nitrogen and oxygen atoms in total. The van der Waals surface area contributed by atoms with Crippen LogP contribution in [0.2, 0.25) is 0 Å². The third-order valence-electron chi connectivity index (χ3n) is 7.65. The summed E-state index contributed by atoms with van der Waals surface area (Å²) in [7, 11) is 0. The van der Waals surface area contributed by atoms with E-state index in [0.29, 0.717) is 35.8 Å². The lowest BCUT2D eigenvalue weighted by atomic mass is 9.90. The fraction of sp³-hybridized carbons (Fsp3) is 0.889. The Morgan fingerprint density at radius 2 is 1.08 bits per heavy atom. The van der Waals surface area contributed by atoms with Crippen molar-refractivity contribution in [3.05, 3.63) is 0 Å². The molecule has 6 heteroatoms. The average Bonchev–Trinajstić information content (AvgIpc) is 3.39. The maximum absolute atomic E-state index is 9.46. The second-order valence-electron chi connectivity index (χ2n) is 8.55. The summed E-state index contributed by atoms with van der Waals surface area (Å²) in [5.41, 5.74) is 2.11. The molecule has 0 aromatic rings. The zero-order valence-electron chi connectivity index (χ0n) is 14.2. The van der Waals surface area contributed by atoms with E-state index in [1.807, 2.05) is 0 Å². The van der Waals surface area contributed by atoms with Crippen molar-refractivity contribution in [2.75, 3.05) is 26.2 Å². The molecule has 1 heterocycles. The van der Waals surface area contributed by atoms with Crippen LogP contribution in [0, 0.1) is 23.7 Å². The van der Waals surface area contributed by atoms with Crippen LogP contribution in [-0.4, -0.2) is 69.9 Å². The number of oxime groups is 2. The molecule has 0 amide bonds. The molecule has 1 saturated heterocycles. The Bertz CT molecular complexity index is 519. The molecule has 0 radical (unpaired) electrons. The van der Waals surface area contributed by atoms with Gasteiger partial charge in [-0.25, -0.2) is 0 Å². The van der Waals surface area contributed by atoms with Gasteiger partial charge >= 0.3 is 0 Å². The highest BCUT2D eigenvalue weighted by Crippen LogP contribution is 2.47. The van der Waals surface area contributed by atoms with Crippen molar-refractivity contribution in [3.63, 3.8) is 0 Å². The minimum absolute atomic E-state index is 0.377. The van der Waals surface area contributed by atoms with Crippen molar-refractivity contribution in [1.82, 2.24) is 9.80 Å². The van der Waals surface area contributed by atoms with Crippen molar-refractivity contribution in [1.29, 1.82) is 0 Å². The first-order valence-electron chi connectivity index (χ1n) is 9.72. The Hall–Kier alpha value is -1.14. The molecule has 5 fully saturated rings. The Balaban J connectivity index is 1.27. The standard InChI is InChI=1S/C18H28N4O2/c23-19-15-11-1-3-13(9-11)17(15)21-5-7-22(8-6-21)18-14-4-2-12(10-14)16(18)20-24/h11-14,17-18,23-24H,1-10H2/b19-15-,20-16-. The van der Waals surface area contributed by atoms with Crippen LogP contribution in [-0.2, 0) is 0 Å². The molecule has 2 N–H and O–H groups in total. The van der Waals surface area contributed by atoms with Crippen LogP contribution in [0.5, 0.6) is 0 Å². The van der Waals surface area contributed by atoms with E-state index < -0.39 is 0 Å². The van der Waals surface area contributed by atoms with Gasteiger partial charge in [0.2, 0.25) is 0 Å². The van der Waals surface area contributed by atoms with Gasteiger partial charge in [0.25, 0.3) is 0 Å². The largest absolute Gasteiger partial charge is 0.411 e. The Morgan fingerprint density at radius 3 is 1.46 bits per heavy atom. The van der Waals surface area contributed by atoms with Crippen molar-refractivity contribution < 1.29 is 10.4 Å². The van der Waals surface area contributed by atoms with Gasteiger partial charge in [0.15, 0.2) is 0 Å². The van der Waals surface area contributed by atoms with E-state index in [2.05, 4.69) is 20.1 Å². The zero-order valence-corrected chi connectivity index (χ0v) is 14.2. The van der Waals surface area contributed by atoms with E-state index in [1.165, 1.54) is 38.5 Å². The summed E-state index contributed by atoms with van der Waals surface area (Å²) in [6.45, 7) is 4.16. The van der Waals surface area contributed by atoms with Crippen LogP contribution in [0.4, 0.5) is 0 Å².